The van der Waals surface area contributed by atoms with E-state index in [1.54, 1.807) is 23.1 Å². The summed E-state index contributed by atoms with van der Waals surface area (Å²) in [7, 11) is 0. The Morgan fingerprint density at radius 2 is 2.05 bits per heavy atom. The van der Waals surface area contributed by atoms with Crippen molar-refractivity contribution in [2.45, 2.75) is 32.6 Å². The van der Waals surface area contributed by atoms with Crippen molar-refractivity contribution in [3.8, 4) is 0 Å². The van der Waals surface area contributed by atoms with E-state index >= 15 is 0 Å². The summed E-state index contributed by atoms with van der Waals surface area (Å²) in [6.45, 7) is 3.18. The van der Waals surface area contributed by atoms with Gasteiger partial charge in [0.25, 0.3) is 5.91 Å². The molecule has 1 N–H and O–H groups in total. The minimum atomic E-state index is -0.0621. The van der Waals surface area contributed by atoms with E-state index in [2.05, 4.69) is 22.9 Å². The van der Waals surface area contributed by atoms with Crippen LogP contribution in [0.3, 0.4) is 0 Å². The van der Waals surface area contributed by atoms with Crippen molar-refractivity contribution in [1.82, 2.24) is 4.90 Å². The third-order valence-electron chi connectivity index (χ3n) is 3.11. The predicted molar refractivity (Wildman–Crippen MR) is 86.3 cm³/mol. The first kappa shape index (κ1) is 17.5. The van der Waals surface area contributed by atoms with Crippen LogP contribution < -0.4 is 0 Å². The highest BCUT2D eigenvalue weighted by molar-refractivity contribution is 9.10. The minimum absolute atomic E-state index is 0.0196. The van der Waals surface area contributed by atoms with Gasteiger partial charge < -0.3 is 10.0 Å². The number of carbonyl (C=O) groups is 1. The Morgan fingerprint density at radius 1 is 1.30 bits per heavy atom. The lowest BCUT2D eigenvalue weighted by Crippen LogP contribution is -2.34. The van der Waals surface area contributed by atoms with Gasteiger partial charge >= 0.3 is 0 Å². The average molecular weight is 363 g/mol. The fraction of sp³-hybridized carbons (Fsp3) is 0.533. The fourth-order valence-electron chi connectivity index (χ4n) is 1.98. The summed E-state index contributed by atoms with van der Waals surface area (Å²) in [5.41, 5.74) is 0.588. The van der Waals surface area contributed by atoms with Crippen LogP contribution in [0, 0.1) is 0 Å². The molecule has 0 bridgehead atoms. The van der Waals surface area contributed by atoms with Crippen molar-refractivity contribution < 1.29 is 9.90 Å². The molecule has 1 rings (SSSR count). The number of aliphatic hydroxyl groups excluding tert-OH is 1. The first-order chi connectivity index (χ1) is 9.60. The number of amides is 1. The van der Waals surface area contributed by atoms with Gasteiger partial charge in [0.05, 0.1) is 11.6 Å². The highest BCUT2D eigenvalue weighted by atomic mass is 79.9. The van der Waals surface area contributed by atoms with Crippen molar-refractivity contribution in [1.29, 1.82) is 0 Å². The van der Waals surface area contributed by atoms with Crippen molar-refractivity contribution in [2.24, 2.45) is 0 Å². The number of aliphatic hydroxyl groups is 1. The molecule has 1 aromatic carbocycles. The number of nitrogens with zero attached hydrogens (tertiary/aromatic N) is 1. The molecule has 0 fully saturated rings. The van der Waals surface area contributed by atoms with Gasteiger partial charge in [0.2, 0.25) is 0 Å². The molecule has 1 amide bonds. The quantitative estimate of drug-likeness (QED) is 0.707. The molecule has 0 aliphatic rings. The van der Waals surface area contributed by atoms with Gasteiger partial charge in [-0.25, -0.2) is 0 Å². The van der Waals surface area contributed by atoms with Crippen molar-refractivity contribution in [3.05, 3.63) is 33.3 Å². The monoisotopic (exact) mass is 361 g/mol. The number of halogens is 2. The zero-order valence-corrected chi connectivity index (χ0v) is 14.1. The van der Waals surface area contributed by atoms with Crippen molar-refractivity contribution >= 4 is 33.4 Å². The van der Waals surface area contributed by atoms with Gasteiger partial charge in [-0.15, -0.1) is 0 Å². The summed E-state index contributed by atoms with van der Waals surface area (Å²) < 4.78 is 0.708. The summed E-state index contributed by atoms with van der Waals surface area (Å²) in [4.78, 5) is 14.1. The van der Waals surface area contributed by atoms with Gasteiger partial charge in [0.15, 0.2) is 0 Å². The molecule has 0 aromatic heterocycles. The van der Waals surface area contributed by atoms with Gasteiger partial charge in [0, 0.05) is 23.1 Å². The van der Waals surface area contributed by atoms with E-state index in [1.165, 1.54) is 6.42 Å². The Bertz CT molecular complexity index is 440. The molecule has 112 valence electrons. The molecule has 0 aliphatic carbocycles. The third kappa shape index (κ3) is 5.43. The Morgan fingerprint density at radius 3 is 2.65 bits per heavy atom. The van der Waals surface area contributed by atoms with E-state index in [1.807, 2.05) is 0 Å². The van der Waals surface area contributed by atoms with Crippen LogP contribution in [-0.2, 0) is 0 Å². The van der Waals surface area contributed by atoms with E-state index in [9.17, 15) is 4.79 Å². The van der Waals surface area contributed by atoms with E-state index in [4.69, 9.17) is 16.7 Å². The number of benzene rings is 1. The topological polar surface area (TPSA) is 40.5 Å². The fourth-order valence-corrected chi connectivity index (χ4v) is 2.47. The summed E-state index contributed by atoms with van der Waals surface area (Å²) in [6, 6.07) is 5.14. The molecule has 0 spiro atoms. The van der Waals surface area contributed by atoms with Gasteiger partial charge in [-0.2, -0.15) is 0 Å². The number of hydrogen-bond donors (Lipinski definition) is 1. The summed E-state index contributed by atoms with van der Waals surface area (Å²) >= 11 is 9.26. The standard InChI is InChI=1S/C15H21BrClNO2/c1-2-3-4-5-8-18(9-10-19)15(20)12-6-7-14(17)13(16)11-12/h6-7,11,19H,2-5,8-10H2,1H3. The number of hydrogen-bond acceptors (Lipinski definition) is 2. The zero-order valence-electron chi connectivity index (χ0n) is 11.7. The van der Waals surface area contributed by atoms with Crippen LogP contribution in [0.4, 0.5) is 0 Å². The second-order valence-electron chi connectivity index (χ2n) is 4.71. The lowest BCUT2D eigenvalue weighted by atomic mass is 10.1. The van der Waals surface area contributed by atoms with Crippen LogP contribution in [0.15, 0.2) is 22.7 Å². The highest BCUT2D eigenvalue weighted by Crippen LogP contribution is 2.24. The molecule has 0 saturated heterocycles. The molecular formula is C15H21BrClNO2. The molecule has 0 aliphatic heterocycles. The Balaban J connectivity index is 2.69. The Kier molecular flexibility index (Phi) is 8.19. The number of unbranched alkanes of at least 4 members (excludes halogenated alkanes) is 3. The van der Waals surface area contributed by atoms with Crippen LogP contribution in [0.1, 0.15) is 43.0 Å². The largest absolute Gasteiger partial charge is 0.395 e. The summed E-state index contributed by atoms with van der Waals surface area (Å²) in [5.74, 6) is -0.0621. The number of rotatable bonds is 8. The zero-order chi connectivity index (χ0) is 15.0. The molecular weight excluding hydrogens is 342 g/mol. The normalized spacial score (nSPS) is 10.6. The van der Waals surface area contributed by atoms with E-state index in [0.29, 0.717) is 28.1 Å². The van der Waals surface area contributed by atoms with Crippen LogP contribution in [-0.4, -0.2) is 35.6 Å². The van der Waals surface area contributed by atoms with Crippen molar-refractivity contribution in [3.63, 3.8) is 0 Å². The SMILES string of the molecule is CCCCCCN(CCO)C(=O)c1ccc(Cl)c(Br)c1. The molecule has 0 saturated carbocycles. The highest BCUT2D eigenvalue weighted by Gasteiger charge is 2.15. The Hall–Kier alpha value is -0.580. The van der Waals surface area contributed by atoms with E-state index in [0.717, 1.165) is 19.3 Å². The molecule has 0 radical (unpaired) electrons. The number of carbonyl (C=O) groups excluding carboxylic acids is 1. The van der Waals surface area contributed by atoms with Gasteiger partial charge in [0.1, 0.15) is 0 Å². The third-order valence-corrected chi connectivity index (χ3v) is 4.32. The second-order valence-corrected chi connectivity index (χ2v) is 5.97. The average Bonchev–Trinajstić information content (AvgIpc) is 2.44. The molecule has 20 heavy (non-hydrogen) atoms. The van der Waals surface area contributed by atoms with Crippen LogP contribution in [0.2, 0.25) is 5.02 Å². The second kappa shape index (κ2) is 9.37. The first-order valence-corrected chi connectivity index (χ1v) is 8.12. The summed E-state index contributed by atoms with van der Waals surface area (Å²) in [6.07, 6.45) is 4.41. The van der Waals surface area contributed by atoms with Gasteiger partial charge in [-0.1, -0.05) is 37.8 Å². The van der Waals surface area contributed by atoms with Gasteiger partial charge in [-0.05, 0) is 40.5 Å². The van der Waals surface area contributed by atoms with E-state index in [-0.39, 0.29) is 12.5 Å². The first-order valence-electron chi connectivity index (χ1n) is 6.95. The van der Waals surface area contributed by atoms with Gasteiger partial charge in [-0.3, -0.25) is 4.79 Å². The minimum Gasteiger partial charge on any atom is -0.395 e. The summed E-state index contributed by atoms with van der Waals surface area (Å²) in [5, 5.41) is 9.69. The van der Waals surface area contributed by atoms with Crippen molar-refractivity contribution in [2.75, 3.05) is 19.7 Å². The lowest BCUT2D eigenvalue weighted by Gasteiger charge is -2.22. The molecule has 0 unspecified atom stereocenters. The van der Waals surface area contributed by atoms with Crippen LogP contribution in [0.25, 0.3) is 0 Å². The lowest BCUT2D eigenvalue weighted by molar-refractivity contribution is 0.0718. The smallest absolute Gasteiger partial charge is 0.253 e. The maximum atomic E-state index is 12.4. The van der Waals surface area contributed by atoms with Crippen LogP contribution >= 0.6 is 27.5 Å². The van der Waals surface area contributed by atoms with E-state index < -0.39 is 0 Å². The molecule has 1 aromatic rings. The predicted octanol–water partition coefficient (Wildman–Crippen LogP) is 4.12. The Labute approximate surface area is 134 Å². The molecule has 0 heterocycles. The maximum Gasteiger partial charge on any atom is 0.253 e. The van der Waals surface area contributed by atoms with Crippen LogP contribution in [0.5, 0.6) is 0 Å². The molecule has 3 nitrogen and oxygen atoms in total. The maximum absolute atomic E-state index is 12.4. The molecule has 0 atom stereocenters. The molecule has 5 heteroatoms.